The highest BCUT2D eigenvalue weighted by atomic mass is 16.3. The summed E-state index contributed by atoms with van der Waals surface area (Å²) in [4.78, 5) is 5.07. The van der Waals surface area contributed by atoms with Gasteiger partial charge in [0.1, 0.15) is 11.4 Å². The smallest absolute Gasteiger partial charge is 0.160 e. The summed E-state index contributed by atoms with van der Waals surface area (Å²) in [5.41, 5.74) is 18.5. The second-order valence-electron chi connectivity index (χ2n) is 11.6. The van der Waals surface area contributed by atoms with Crippen molar-refractivity contribution in [3.05, 3.63) is 162 Å². The van der Waals surface area contributed by atoms with E-state index in [1.54, 1.807) is 0 Å². The summed E-state index contributed by atoms with van der Waals surface area (Å²) in [7, 11) is 0. The monoisotopic (exact) mass is 567 g/mol. The van der Waals surface area contributed by atoms with Crippen molar-refractivity contribution in [2.24, 2.45) is 0 Å². The molecule has 0 aliphatic heterocycles. The van der Waals surface area contributed by atoms with Crippen LogP contribution in [-0.2, 0) is 11.8 Å². The molecule has 0 spiro atoms. The molecule has 8 aromatic rings. The van der Waals surface area contributed by atoms with Gasteiger partial charge < -0.3 is 10.2 Å². The van der Waals surface area contributed by atoms with Crippen molar-refractivity contribution >= 4 is 38.7 Å². The zero-order chi connectivity index (χ0) is 29.4. The number of rotatable bonds is 4. The number of hydrogen-bond acceptors (Lipinski definition) is 3. The Morgan fingerprint density at radius 3 is 2.27 bits per heavy atom. The van der Waals surface area contributed by atoms with E-state index in [1.807, 2.05) is 18.2 Å². The van der Waals surface area contributed by atoms with Gasteiger partial charge in [0.05, 0.1) is 22.1 Å². The number of benzene rings is 6. The highest BCUT2D eigenvalue weighted by molar-refractivity contribution is 6.18. The number of nitrogens with zero attached hydrogens (tertiary/aromatic N) is 2. The van der Waals surface area contributed by atoms with Gasteiger partial charge >= 0.3 is 0 Å². The van der Waals surface area contributed by atoms with Crippen LogP contribution in [0.15, 0.2) is 138 Å². The molecule has 0 radical (unpaired) electrons. The van der Waals surface area contributed by atoms with Gasteiger partial charge in [-0.3, -0.25) is 4.57 Å². The summed E-state index contributed by atoms with van der Waals surface area (Å²) in [5.74, 6) is 1.00. The van der Waals surface area contributed by atoms with E-state index in [-0.39, 0.29) is 0 Å². The third-order valence-electron chi connectivity index (χ3n) is 9.37. The molecule has 0 bridgehead atoms. The highest BCUT2D eigenvalue weighted by Gasteiger charge is 2.47. The lowest BCUT2D eigenvalue weighted by Crippen LogP contribution is -2.28. The first-order chi connectivity index (χ1) is 21.7. The fraction of sp³-hybridized carbons (Fsp3) is 0.0750. The topological polar surface area (TPSA) is 57.0 Å². The van der Waals surface area contributed by atoms with Gasteiger partial charge in [0.2, 0.25) is 0 Å². The van der Waals surface area contributed by atoms with Crippen LogP contribution in [0.25, 0.3) is 49.8 Å². The molecule has 6 aromatic carbocycles. The number of para-hydroxylation sites is 3. The zero-order valence-corrected chi connectivity index (χ0v) is 24.3. The molecule has 0 saturated carbocycles. The van der Waals surface area contributed by atoms with Crippen LogP contribution in [0, 0.1) is 0 Å². The van der Waals surface area contributed by atoms with Crippen LogP contribution in [0.2, 0.25) is 0 Å². The second-order valence-corrected chi connectivity index (χ2v) is 11.6. The number of imidazole rings is 1. The zero-order valence-electron chi connectivity index (χ0n) is 24.3. The first kappa shape index (κ1) is 24.9. The number of nitrogen functional groups attached to an aromatic ring is 1. The third kappa shape index (κ3) is 3.20. The van der Waals surface area contributed by atoms with Crippen LogP contribution in [0.4, 0.5) is 5.69 Å². The maximum atomic E-state index is 6.83. The van der Waals surface area contributed by atoms with E-state index >= 15 is 0 Å². The standard InChI is InChI=1S/C40H29N3O/c1-2-36-42-32-17-9-10-18-33(32)43(36)34-24-31-37(38-29-15-7-11-19-35(29)44-39(34)38)28-14-6-8-16-30(28)40(31,25-12-4-3-5-13-25)26-20-22-27(41)23-21-26/h3-24H,2,41H2,1H3. The van der Waals surface area contributed by atoms with E-state index in [2.05, 4.69) is 127 Å². The molecule has 1 atom stereocenters. The van der Waals surface area contributed by atoms with Gasteiger partial charge in [0.25, 0.3) is 0 Å². The molecule has 2 aromatic heterocycles. The van der Waals surface area contributed by atoms with E-state index in [0.717, 1.165) is 56.6 Å². The Morgan fingerprint density at radius 1 is 0.727 bits per heavy atom. The predicted octanol–water partition coefficient (Wildman–Crippen LogP) is 9.43. The van der Waals surface area contributed by atoms with Crippen LogP contribution in [0.5, 0.6) is 0 Å². The predicted molar refractivity (Wildman–Crippen MR) is 179 cm³/mol. The molecule has 2 N–H and O–H groups in total. The van der Waals surface area contributed by atoms with Crippen LogP contribution >= 0.6 is 0 Å². The minimum absolute atomic E-state index is 0.578. The molecular weight excluding hydrogens is 538 g/mol. The molecule has 4 heteroatoms. The van der Waals surface area contributed by atoms with E-state index in [9.17, 15) is 0 Å². The Hall–Kier alpha value is -5.61. The highest BCUT2D eigenvalue weighted by Crippen LogP contribution is 2.59. The largest absolute Gasteiger partial charge is 0.454 e. The first-order valence-corrected chi connectivity index (χ1v) is 15.2. The average molecular weight is 568 g/mol. The van der Waals surface area contributed by atoms with Crippen LogP contribution in [0.1, 0.15) is 35.0 Å². The number of nitrogens with two attached hydrogens (primary N) is 1. The lowest BCUT2D eigenvalue weighted by atomic mass is 9.67. The molecule has 1 aliphatic carbocycles. The third-order valence-corrected chi connectivity index (χ3v) is 9.37. The maximum Gasteiger partial charge on any atom is 0.160 e. The Bertz CT molecular complexity index is 2380. The number of hydrogen-bond donors (Lipinski definition) is 1. The summed E-state index contributed by atoms with van der Waals surface area (Å²) in [5, 5.41) is 2.24. The quantitative estimate of drug-likeness (QED) is 0.216. The fourth-order valence-electron chi connectivity index (χ4n) is 7.59. The first-order valence-electron chi connectivity index (χ1n) is 15.2. The molecule has 0 amide bonds. The Morgan fingerprint density at radius 2 is 1.43 bits per heavy atom. The summed E-state index contributed by atoms with van der Waals surface area (Å²) in [6.45, 7) is 2.17. The maximum absolute atomic E-state index is 6.83. The summed E-state index contributed by atoms with van der Waals surface area (Å²) >= 11 is 0. The lowest BCUT2D eigenvalue weighted by Gasteiger charge is -2.34. The number of fused-ring (bicyclic) bond motifs is 8. The van der Waals surface area contributed by atoms with E-state index in [1.165, 1.54) is 33.4 Å². The molecule has 0 saturated heterocycles. The van der Waals surface area contributed by atoms with Crippen LogP contribution < -0.4 is 5.73 Å². The number of aromatic nitrogens is 2. The molecule has 44 heavy (non-hydrogen) atoms. The summed E-state index contributed by atoms with van der Waals surface area (Å²) in [6.07, 6.45) is 0.787. The van der Waals surface area contributed by atoms with Gasteiger partial charge in [-0.15, -0.1) is 0 Å². The van der Waals surface area contributed by atoms with Gasteiger partial charge in [0, 0.05) is 22.9 Å². The van der Waals surface area contributed by atoms with Gasteiger partial charge in [-0.05, 0) is 69.8 Å². The number of furan rings is 1. The molecule has 4 nitrogen and oxygen atoms in total. The van der Waals surface area contributed by atoms with Crippen molar-refractivity contribution in [3.63, 3.8) is 0 Å². The lowest BCUT2D eigenvalue weighted by molar-refractivity contribution is 0.664. The molecule has 1 aliphatic rings. The summed E-state index contributed by atoms with van der Waals surface area (Å²) < 4.78 is 9.13. The van der Waals surface area contributed by atoms with Crippen molar-refractivity contribution in [3.8, 4) is 16.8 Å². The minimum Gasteiger partial charge on any atom is -0.454 e. The minimum atomic E-state index is -0.578. The van der Waals surface area contributed by atoms with E-state index in [0.29, 0.717) is 0 Å². The molecule has 0 fully saturated rings. The molecule has 2 heterocycles. The average Bonchev–Trinajstić information content (AvgIpc) is 3.73. The van der Waals surface area contributed by atoms with Gasteiger partial charge in [-0.25, -0.2) is 4.98 Å². The Labute approximate surface area is 255 Å². The SMILES string of the molecule is CCc1nc2ccccc2n1-c1cc2c(c3c1oc1ccccc13)-c1ccccc1C2(c1ccccc1)c1ccc(N)cc1. The van der Waals surface area contributed by atoms with Gasteiger partial charge in [-0.1, -0.05) is 104 Å². The normalized spacial score (nSPS) is 15.7. The molecular formula is C40H29N3O. The van der Waals surface area contributed by atoms with Crippen molar-refractivity contribution < 1.29 is 4.42 Å². The Balaban J connectivity index is 1.54. The van der Waals surface area contributed by atoms with Crippen molar-refractivity contribution in [2.45, 2.75) is 18.8 Å². The van der Waals surface area contributed by atoms with Crippen LogP contribution in [0.3, 0.4) is 0 Å². The number of anilines is 1. The van der Waals surface area contributed by atoms with Crippen LogP contribution in [-0.4, -0.2) is 9.55 Å². The van der Waals surface area contributed by atoms with Gasteiger partial charge in [-0.2, -0.15) is 0 Å². The van der Waals surface area contributed by atoms with Crippen molar-refractivity contribution in [2.75, 3.05) is 5.73 Å². The van der Waals surface area contributed by atoms with E-state index in [4.69, 9.17) is 15.1 Å². The Kier molecular flexibility index (Phi) is 5.21. The molecule has 9 rings (SSSR count). The van der Waals surface area contributed by atoms with Crippen molar-refractivity contribution in [1.82, 2.24) is 9.55 Å². The van der Waals surface area contributed by atoms with Crippen molar-refractivity contribution in [1.29, 1.82) is 0 Å². The second kappa shape index (κ2) is 9.19. The number of aryl methyl sites for hydroxylation is 1. The van der Waals surface area contributed by atoms with Gasteiger partial charge in [0.15, 0.2) is 5.58 Å². The fourth-order valence-corrected chi connectivity index (χ4v) is 7.59. The summed E-state index contributed by atoms with van der Waals surface area (Å²) in [6, 6.07) is 47.3. The molecule has 1 unspecified atom stereocenters. The molecule has 210 valence electrons. The van der Waals surface area contributed by atoms with E-state index < -0.39 is 5.41 Å².